The highest BCUT2D eigenvalue weighted by atomic mass is 32.2. The van der Waals surface area contributed by atoms with Crippen LogP contribution in [0.4, 0.5) is 23.2 Å². The van der Waals surface area contributed by atoms with Crippen LogP contribution in [0.1, 0.15) is 20.8 Å². The third kappa shape index (κ3) is 6.15. The van der Waals surface area contributed by atoms with Crippen LogP contribution in [0.15, 0.2) is 39.9 Å². The molecule has 2 aromatic rings. The van der Waals surface area contributed by atoms with Gasteiger partial charge in [-0.3, -0.25) is 9.97 Å². The number of sulfone groups is 1. The van der Waals surface area contributed by atoms with Gasteiger partial charge in [-0.25, -0.2) is 21.4 Å². The van der Waals surface area contributed by atoms with Gasteiger partial charge in [0.15, 0.2) is 16.4 Å². The van der Waals surface area contributed by atoms with Crippen molar-refractivity contribution in [3.63, 3.8) is 0 Å². The number of pyridine rings is 2. The Hall–Kier alpha value is -2.28. The maximum absolute atomic E-state index is 13.0. The molecule has 0 saturated carbocycles. The minimum Gasteiger partial charge on any atom is -0.485 e. The van der Waals surface area contributed by atoms with Gasteiger partial charge in [0.05, 0.1) is 44.2 Å². The standard InChI is InChI=1S/C19H23F4N3O4S2/c1-4-31(27,5-2)26-13-9-16(32(28,29)6-3)17(25-10-13)15-8-7-14(11-24-15)30-12-19(22,23)18(20)21/h7-11,18H,4-6,12H2,1-3H3. The Morgan fingerprint density at radius 2 is 1.69 bits per heavy atom. The lowest BCUT2D eigenvalue weighted by Gasteiger charge is -2.16. The van der Waals surface area contributed by atoms with Crippen molar-refractivity contribution in [2.45, 2.75) is 38.0 Å². The normalized spacial score (nSPS) is 12.8. The van der Waals surface area contributed by atoms with E-state index in [2.05, 4.69) is 19.1 Å². The average molecular weight is 498 g/mol. The molecule has 7 nitrogen and oxygen atoms in total. The third-order valence-corrected chi connectivity index (χ3v) is 8.55. The number of aromatic nitrogens is 2. The van der Waals surface area contributed by atoms with Crippen LogP contribution in [-0.2, 0) is 19.6 Å². The number of rotatable bonds is 10. The molecule has 0 aliphatic heterocycles. The Bertz CT molecular complexity index is 1150. The molecule has 2 aromatic heterocycles. The van der Waals surface area contributed by atoms with E-state index in [0.29, 0.717) is 0 Å². The lowest BCUT2D eigenvalue weighted by molar-refractivity contribution is -0.148. The molecule has 32 heavy (non-hydrogen) atoms. The fraction of sp³-hybridized carbons (Fsp3) is 0.474. The first-order valence-electron chi connectivity index (χ1n) is 9.58. The van der Waals surface area contributed by atoms with E-state index < -0.39 is 38.5 Å². The minimum absolute atomic E-state index is 0.0187. The van der Waals surface area contributed by atoms with Gasteiger partial charge in [0.2, 0.25) is 0 Å². The van der Waals surface area contributed by atoms with Crippen LogP contribution in [0.2, 0.25) is 0 Å². The van der Waals surface area contributed by atoms with Crippen LogP contribution < -0.4 is 4.74 Å². The van der Waals surface area contributed by atoms with Crippen LogP contribution >= 0.6 is 0 Å². The second-order valence-electron chi connectivity index (χ2n) is 6.61. The first kappa shape index (κ1) is 26.0. The molecule has 0 bridgehead atoms. The molecule has 0 fully saturated rings. The summed E-state index contributed by atoms with van der Waals surface area (Å²) in [6.45, 7) is 3.33. The minimum atomic E-state index is -4.32. The molecule has 13 heteroatoms. The number of alkyl halides is 4. The monoisotopic (exact) mass is 497 g/mol. The van der Waals surface area contributed by atoms with E-state index in [-0.39, 0.29) is 45.0 Å². The van der Waals surface area contributed by atoms with Crippen LogP contribution in [0.5, 0.6) is 5.75 Å². The lowest BCUT2D eigenvalue weighted by atomic mass is 10.2. The van der Waals surface area contributed by atoms with Crippen molar-refractivity contribution in [1.29, 1.82) is 0 Å². The number of hydrogen-bond acceptors (Lipinski definition) is 7. The van der Waals surface area contributed by atoms with E-state index in [1.807, 2.05) is 0 Å². The van der Waals surface area contributed by atoms with Crippen LogP contribution in [0.3, 0.4) is 0 Å². The third-order valence-electron chi connectivity index (χ3n) is 4.46. The molecule has 0 unspecified atom stereocenters. The zero-order chi connectivity index (χ0) is 24.2. The van der Waals surface area contributed by atoms with Gasteiger partial charge < -0.3 is 4.74 Å². The summed E-state index contributed by atoms with van der Waals surface area (Å²) < 4.78 is 97.2. The van der Waals surface area contributed by atoms with Crippen molar-refractivity contribution >= 4 is 25.3 Å². The van der Waals surface area contributed by atoms with Crippen molar-refractivity contribution in [2.24, 2.45) is 4.36 Å². The maximum Gasteiger partial charge on any atom is 0.340 e. The zero-order valence-electron chi connectivity index (χ0n) is 17.6. The maximum atomic E-state index is 13.0. The largest absolute Gasteiger partial charge is 0.485 e. The summed E-state index contributed by atoms with van der Waals surface area (Å²) in [7, 11) is -6.34. The predicted molar refractivity (Wildman–Crippen MR) is 113 cm³/mol. The summed E-state index contributed by atoms with van der Waals surface area (Å²) in [6, 6.07) is 3.72. The van der Waals surface area contributed by atoms with Crippen molar-refractivity contribution in [3.8, 4) is 17.1 Å². The molecule has 0 spiro atoms. The van der Waals surface area contributed by atoms with Crippen molar-refractivity contribution in [3.05, 3.63) is 30.6 Å². The summed E-state index contributed by atoms with van der Waals surface area (Å²) in [4.78, 5) is 7.92. The van der Waals surface area contributed by atoms with E-state index in [4.69, 9.17) is 0 Å². The Labute approximate surface area is 184 Å². The molecule has 178 valence electrons. The molecule has 0 amide bonds. The van der Waals surface area contributed by atoms with Gasteiger partial charge in [0.1, 0.15) is 11.4 Å². The van der Waals surface area contributed by atoms with Gasteiger partial charge in [-0.05, 0) is 18.2 Å². The molecule has 0 radical (unpaired) electrons. The predicted octanol–water partition coefficient (Wildman–Crippen LogP) is 4.36. The summed E-state index contributed by atoms with van der Waals surface area (Å²) >= 11 is 0. The SMILES string of the molecule is CCS(=O)(=O)c1cc(N=S(=O)(CC)CC)cnc1-c1ccc(OCC(F)(F)C(F)F)cn1. The fourth-order valence-electron chi connectivity index (χ4n) is 2.44. The van der Waals surface area contributed by atoms with E-state index >= 15 is 0 Å². The van der Waals surface area contributed by atoms with Crippen molar-refractivity contribution < 1.29 is 34.9 Å². The quantitative estimate of drug-likeness (QED) is 0.453. The van der Waals surface area contributed by atoms with E-state index in [1.54, 1.807) is 13.8 Å². The fourth-order valence-corrected chi connectivity index (χ4v) is 4.66. The molecule has 0 aliphatic rings. The molecule has 2 heterocycles. The molecule has 0 aromatic carbocycles. The van der Waals surface area contributed by atoms with Crippen molar-refractivity contribution in [2.75, 3.05) is 23.9 Å². The number of ether oxygens (including phenoxy) is 1. The average Bonchev–Trinajstić information content (AvgIpc) is 2.78. The number of hydrogen-bond donors (Lipinski definition) is 0. The van der Waals surface area contributed by atoms with E-state index in [1.165, 1.54) is 31.3 Å². The lowest BCUT2D eigenvalue weighted by Crippen LogP contribution is -2.33. The Morgan fingerprint density at radius 1 is 1.03 bits per heavy atom. The Balaban J connectivity index is 2.46. The molecular weight excluding hydrogens is 474 g/mol. The Morgan fingerprint density at radius 3 is 2.19 bits per heavy atom. The summed E-state index contributed by atoms with van der Waals surface area (Å²) in [6.07, 6.45) is -1.61. The topological polar surface area (TPSA) is 98.6 Å². The molecule has 0 saturated heterocycles. The van der Waals surface area contributed by atoms with Gasteiger partial charge in [-0.15, -0.1) is 0 Å². The summed E-state index contributed by atoms with van der Waals surface area (Å²) in [5.74, 6) is -4.20. The van der Waals surface area contributed by atoms with Crippen LogP contribution in [0, 0.1) is 0 Å². The summed E-state index contributed by atoms with van der Waals surface area (Å²) in [5, 5.41) is 0. The highest BCUT2D eigenvalue weighted by molar-refractivity contribution is 7.93. The highest BCUT2D eigenvalue weighted by Crippen LogP contribution is 2.30. The van der Waals surface area contributed by atoms with E-state index in [9.17, 15) is 30.2 Å². The van der Waals surface area contributed by atoms with Gasteiger partial charge in [0.25, 0.3) is 0 Å². The van der Waals surface area contributed by atoms with Gasteiger partial charge in [0, 0.05) is 11.5 Å². The number of nitrogens with zero attached hydrogens (tertiary/aromatic N) is 3. The first-order chi connectivity index (χ1) is 14.9. The zero-order valence-corrected chi connectivity index (χ0v) is 19.2. The molecule has 0 N–H and O–H groups in total. The summed E-state index contributed by atoms with van der Waals surface area (Å²) in [5.41, 5.74) is 0.210. The smallest absolute Gasteiger partial charge is 0.340 e. The second-order valence-corrected chi connectivity index (χ2v) is 11.7. The molecular formula is C19H23F4N3O4S2. The molecule has 2 rings (SSSR count). The highest BCUT2D eigenvalue weighted by Gasteiger charge is 2.41. The van der Waals surface area contributed by atoms with E-state index in [0.717, 1.165) is 6.20 Å². The van der Waals surface area contributed by atoms with Gasteiger partial charge >= 0.3 is 12.3 Å². The van der Waals surface area contributed by atoms with Crippen LogP contribution in [0.25, 0.3) is 11.4 Å². The number of halogens is 4. The van der Waals surface area contributed by atoms with Crippen LogP contribution in [-0.4, -0.2) is 58.8 Å². The van der Waals surface area contributed by atoms with Gasteiger partial charge in [-0.2, -0.15) is 13.1 Å². The molecule has 0 atom stereocenters. The first-order valence-corrected chi connectivity index (χ1v) is 13.1. The van der Waals surface area contributed by atoms with Gasteiger partial charge in [-0.1, -0.05) is 20.8 Å². The Kier molecular flexibility index (Phi) is 8.21. The van der Waals surface area contributed by atoms with Crippen molar-refractivity contribution in [1.82, 2.24) is 9.97 Å². The second kappa shape index (κ2) is 10.1. The molecule has 0 aliphatic carbocycles.